The van der Waals surface area contributed by atoms with Gasteiger partial charge in [0.25, 0.3) is 0 Å². The number of anilines is 2. The smallest absolute Gasteiger partial charge is 0.356 e. The van der Waals surface area contributed by atoms with Gasteiger partial charge < -0.3 is 10.1 Å². The molecule has 0 aliphatic heterocycles. The highest BCUT2D eigenvalue weighted by Crippen LogP contribution is 2.43. The lowest BCUT2D eigenvalue weighted by Gasteiger charge is -2.06. The Hall–Kier alpha value is -2.54. The van der Waals surface area contributed by atoms with E-state index in [-0.39, 0.29) is 5.69 Å². The summed E-state index contributed by atoms with van der Waals surface area (Å²) in [6, 6.07) is 7.58. The first-order valence-corrected chi connectivity index (χ1v) is 8.12. The average Bonchev–Trinajstić information content (AvgIpc) is 3.34. The number of benzene rings is 1. The molecule has 0 spiro atoms. The molecule has 0 atom stereocenters. The van der Waals surface area contributed by atoms with Crippen molar-refractivity contribution in [2.45, 2.75) is 18.8 Å². The highest BCUT2D eigenvalue weighted by Gasteiger charge is 2.26. The van der Waals surface area contributed by atoms with Gasteiger partial charge in [-0.1, -0.05) is 0 Å². The zero-order valence-electron chi connectivity index (χ0n) is 12.4. The van der Waals surface area contributed by atoms with Crippen molar-refractivity contribution in [2.24, 2.45) is 0 Å². The van der Waals surface area contributed by atoms with Gasteiger partial charge in [-0.25, -0.2) is 19.7 Å². The number of nitrogens with one attached hydrogen (secondary N) is 1. The number of ether oxygens (including phenoxy) is 1. The molecular formula is C16H14N4O2S. The van der Waals surface area contributed by atoms with E-state index in [4.69, 9.17) is 0 Å². The second-order valence-corrected chi connectivity index (χ2v) is 6.48. The maximum absolute atomic E-state index is 11.5. The third kappa shape index (κ3) is 2.87. The Morgan fingerprint density at radius 3 is 2.96 bits per heavy atom. The number of hydrogen-bond donors (Lipinski definition) is 1. The molecule has 1 fully saturated rings. The Morgan fingerprint density at radius 1 is 1.30 bits per heavy atom. The molecule has 0 amide bonds. The summed E-state index contributed by atoms with van der Waals surface area (Å²) in [6.45, 7) is 0. The van der Waals surface area contributed by atoms with Crippen LogP contribution in [0.25, 0.3) is 10.2 Å². The van der Waals surface area contributed by atoms with E-state index in [0.717, 1.165) is 15.9 Å². The summed E-state index contributed by atoms with van der Waals surface area (Å²) in [5.74, 6) is 0.724. The van der Waals surface area contributed by atoms with Crippen LogP contribution in [0.15, 0.2) is 30.6 Å². The van der Waals surface area contributed by atoms with Gasteiger partial charge in [0, 0.05) is 17.7 Å². The number of thiazole rings is 1. The zero-order chi connectivity index (χ0) is 15.8. The summed E-state index contributed by atoms with van der Waals surface area (Å²) in [4.78, 5) is 24.2. The predicted octanol–water partition coefficient (Wildman–Crippen LogP) is 3.49. The van der Waals surface area contributed by atoms with Crippen LogP contribution in [0.4, 0.5) is 11.5 Å². The lowest BCUT2D eigenvalue weighted by molar-refractivity contribution is 0.0594. The summed E-state index contributed by atoms with van der Waals surface area (Å²) >= 11 is 1.75. The number of hydrogen-bond acceptors (Lipinski definition) is 7. The van der Waals surface area contributed by atoms with E-state index >= 15 is 0 Å². The minimum atomic E-state index is -0.484. The van der Waals surface area contributed by atoms with E-state index in [2.05, 4.69) is 31.1 Å². The van der Waals surface area contributed by atoms with Gasteiger partial charge in [-0.2, -0.15) is 0 Å². The Labute approximate surface area is 136 Å². The molecular weight excluding hydrogens is 312 g/mol. The molecule has 1 aliphatic carbocycles. The van der Waals surface area contributed by atoms with Gasteiger partial charge in [-0.05, 0) is 31.0 Å². The number of rotatable bonds is 4. The van der Waals surface area contributed by atoms with Crippen LogP contribution in [-0.4, -0.2) is 28.0 Å². The van der Waals surface area contributed by atoms with Crippen molar-refractivity contribution in [3.8, 4) is 0 Å². The molecule has 0 unspecified atom stereocenters. The van der Waals surface area contributed by atoms with Crippen molar-refractivity contribution in [3.63, 3.8) is 0 Å². The molecule has 7 heteroatoms. The highest BCUT2D eigenvalue weighted by atomic mass is 32.1. The summed E-state index contributed by atoms with van der Waals surface area (Å²) in [6.07, 6.45) is 3.84. The number of methoxy groups -OCH3 is 1. The molecule has 1 N–H and O–H groups in total. The Kier molecular flexibility index (Phi) is 3.42. The minimum Gasteiger partial charge on any atom is -0.464 e. The lowest BCUT2D eigenvalue weighted by Crippen LogP contribution is -2.05. The van der Waals surface area contributed by atoms with E-state index in [0.29, 0.717) is 11.7 Å². The molecule has 116 valence electrons. The Bertz CT molecular complexity index is 889. The van der Waals surface area contributed by atoms with Gasteiger partial charge in [0.15, 0.2) is 5.69 Å². The zero-order valence-corrected chi connectivity index (χ0v) is 13.3. The van der Waals surface area contributed by atoms with Crippen molar-refractivity contribution in [1.82, 2.24) is 15.0 Å². The Morgan fingerprint density at radius 2 is 2.17 bits per heavy atom. The van der Waals surface area contributed by atoms with Crippen molar-refractivity contribution in [2.75, 3.05) is 12.4 Å². The fourth-order valence-electron chi connectivity index (χ4n) is 2.31. The molecule has 2 aromatic heterocycles. The average molecular weight is 326 g/mol. The van der Waals surface area contributed by atoms with Crippen LogP contribution in [0, 0.1) is 0 Å². The van der Waals surface area contributed by atoms with E-state index < -0.39 is 5.97 Å². The normalized spacial score (nSPS) is 14.0. The summed E-state index contributed by atoms with van der Waals surface area (Å²) in [5, 5.41) is 4.42. The van der Waals surface area contributed by atoms with Crippen LogP contribution in [0.2, 0.25) is 0 Å². The molecule has 1 aliphatic rings. The number of esters is 1. The molecule has 1 saturated carbocycles. The van der Waals surface area contributed by atoms with Gasteiger partial charge in [0.2, 0.25) is 0 Å². The van der Waals surface area contributed by atoms with E-state index in [9.17, 15) is 4.79 Å². The van der Waals surface area contributed by atoms with Crippen LogP contribution >= 0.6 is 11.3 Å². The van der Waals surface area contributed by atoms with Crippen molar-refractivity contribution in [1.29, 1.82) is 0 Å². The molecule has 4 rings (SSSR count). The largest absolute Gasteiger partial charge is 0.464 e. The van der Waals surface area contributed by atoms with E-state index in [1.807, 2.05) is 12.1 Å². The van der Waals surface area contributed by atoms with Crippen molar-refractivity contribution >= 4 is 39.0 Å². The van der Waals surface area contributed by atoms with Gasteiger partial charge in [0.05, 0.1) is 22.3 Å². The SMILES string of the molecule is COC(=O)c1cc(Nc2ccc3nc(C4CC4)sc3c2)ncn1. The third-order valence-corrected chi connectivity index (χ3v) is 4.85. The minimum absolute atomic E-state index is 0.222. The number of aromatic nitrogens is 3. The van der Waals surface area contributed by atoms with Crippen LogP contribution in [0.5, 0.6) is 0 Å². The quantitative estimate of drug-likeness (QED) is 0.740. The first-order chi connectivity index (χ1) is 11.2. The number of carbonyl (C=O) groups is 1. The van der Waals surface area contributed by atoms with Gasteiger partial charge in [0.1, 0.15) is 12.1 Å². The highest BCUT2D eigenvalue weighted by molar-refractivity contribution is 7.18. The van der Waals surface area contributed by atoms with Crippen LogP contribution in [0.1, 0.15) is 34.3 Å². The summed E-state index contributed by atoms with van der Waals surface area (Å²) in [5.41, 5.74) is 2.15. The Balaban J connectivity index is 1.60. The third-order valence-electron chi connectivity index (χ3n) is 3.67. The summed E-state index contributed by atoms with van der Waals surface area (Å²) < 4.78 is 5.82. The van der Waals surface area contributed by atoms with Crippen molar-refractivity contribution < 1.29 is 9.53 Å². The van der Waals surface area contributed by atoms with Gasteiger partial charge in [-0.15, -0.1) is 11.3 Å². The number of carbonyl (C=O) groups excluding carboxylic acids is 1. The molecule has 6 nitrogen and oxygen atoms in total. The molecule has 0 bridgehead atoms. The van der Waals surface area contributed by atoms with Crippen LogP contribution in [0.3, 0.4) is 0 Å². The molecule has 0 saturated heterocycles. The molecule has 1 aromatic carbocycles. The predicted molar refractivity (Wildman–Crippen MR) is 88.2 cm³/mol. The first-order valence-electron chi connectivity index (χ1n) is 7.31. The molecule has 23 heavy (non-hydrogen) atoms. The van der Waals surface area contributed by atoms with E-state index in [1.165, 1.54) is 31.3 Å². The monoisotopic (exact) mass is 326 g/mol. The molecule has 2 heterocycles. The second kappa shape index (κ2) is 5.58. The number of nitrogens with zero attached hydrogens (tertiary/aromatic N) is 3. The lowest BCUT2D eigenvalue weighted by atomic mass is 10.3. The summed E-state index contributed by atoms with van der Waals surface area (Å²) in [7, 11) is 1.33. The van der Waals surface area contributed by atoms with Crippen LogP contribution in [-0.2, 0) is 4.74 Å². The maximum atomic E-state index is 11.5. The molecule has 0 radical (unpaired) electrons. The van der Waals surface area contributed by atoms with E-state index in [1.54, 1.807) is 17.4 Å². The van der Waals surface area contributed by atoms with Crippen molar-refractivity contribution in [3.05, 3.63) is 41.3 Å². The first kappa shape index (κ1) is 14.1. The molecule has 3 aromatic rings. The van der Waals surface area contributed by atoms with Crippen LogP contribution < -0.4 is 5.32 Å². The fourth-order valence-corrected chi connectivity index (χ4v) is 3.49. The van der Waals surface area contributed by atoms with Gasteiger partial charge >= 0.3 is 5.97 Å². The second-order valence-electron chi connectivity index (χ2n) is 5.41. The fraction of sp³-hybridized carbons (Fsp3) is 0.250. The maximum Gasteiger partial charge on any atom is 0.356 e. The van der Waals surface area contributed by atoms with Gasteiger partial charge in [-0.3, -0.25) is 0 Å². The topological polar surface area (TPSA) is 77.0 Å². The number of fused-ring (bicyclic) bond motifs is 1. The standard InChI is InChI=1S/C16H14N4O2S/c1-22-16(21)12-7-14(18-8-17-12)19-10-4-5-11-13(6-10)23-15(20-11)9-2-3-9/h4-9H,2-3H2,1H3,(H,17,18,19).